The van der Waals surface area contributed by atoms with Gasteiger partial charge in [-0.25, -0.2) is 0 Å². The van der Waals surface area contributed by atoms with E-state index in [1.165, 1.54) is 0 Å². The standard InChI is InChI=1S/C14H21NO3/c1-4-14(3,17)10-15-13(16)9-18-12-7-5-11(2)6-8-12/h5-8,17H,4,9-10H2,1-3H3,(H,15,16). The third-order valence-corrected chi connectivity index (χ3v) is 2.82. The van der Waals surface area contributed by atoms with Gasteiger partial charge in [0, 0.05) is 6.54 Å². The molecule has 2 N–H and O–H groups in total. The van der Waals surface area contributed by atoms with Crippen LogP contribution in [0.25, 0.3) is 0 Å². The van der Waals surface area contributed by atoms with Gasteiger partial charge < -0.3 is 15.2 Å². The third-order valence-electron chi connectivity index (χ3n) is 2.82. The van der Waals surface area contributed by atoms with Gasteiger partial charge in [0.15, 0.2) is 6.61 Å². The molecule has 0 aliphatic rings. The molecular formula is C14H21NO3. The van der Waals surface area contributed by atoms with Crippen LogP contribution in [0.5, 0.6) is 5.75 Å². The average molecular weight is 251 g/mol. The Balaban J connectivity index is 2.31. The summed E-state index contributed by atoms with van der Waals surface area (Å²) in [6.07, 6.45) is 0.589. The topological polar surface area (TPSA) is 58.6 Å². The Morgan fingerprint density at radius 1 is 1.39 bits per heavy atom. The summed E-state index contributed by atoms with van der Waals surface area (Å²) in [5.74, 6) is 0.433. The van der Waals surface area contributed by atoms with Crippen molar-refractivity contribution in [2.45, 2.75) is 32.8 Å². The van der Waals surface area contributed by atoms with Gasteiger partial charge in [0.05, 0.1) is 5.60 Å². The Morgan fingerprint density at radius 2 is 2.00 bits per heavy atom. The van der Waals surface area contributed by atoms with Crippen molar-refractivity contribution in [3.8, 4) is 5.75 Å². The van der Waals surface area contributed by atoms with E-state index in [0.29, 0.717) is 12.2 Å². The fourth-order valence-electron chi connectivity index (χ4n) is 1.25. The highest BCUT2D eigenvalue weighted by atomic mass is 16.5. The van der Waals surface area contributed by atoms with Crippen molar-refractivity contribution in [2.24, 2.45) is 0 Å². The van der Waals surface area contributed by atoms with Crippen molar-refractivity contribution in [1.29, 1.82) is 0 Å². The second-order valence-electron chi connectivity index (χ2n) is 4.73. The quantitative estimate of drug-likeness (QED) is 0.808. The van der Waals surface area contributed by atoms with Crippen LogP contribution < -0.4 is 10.1 Å². The zero-order chi connectivity index (χ0) is 13.6. The molecule has 0 aliphatic heterocycles. The number of rotatable bonds is 6. The van der Waals surface area contributed by atoms with Crippen molar-refractivity contribution in [3.05, 3.63) is 29.8 Å². The summed E-state index contributed by atoms with van der Waals surface area (Å²) in [4.78, 5) is 11.5. The first-order valence-corrected chi connectivity index (χ1v) is 6.11. The van der Waals surface area contributed by atoms with Crippen LogP contribution in [0.3, 0.4) is 0 Å². The molecule has 1 atom stereocenters. The van der Waals surface area contributed by atoms with Crippen LogP contribution in [0.15, 0.2) is 24.3 Å². The number of amides is 1. The number of carbonyl (C=O) groups is 1. The molecule has 1 amide bonds. The van der Waals surface area contributed by atoms with Crippen LogP contribution >= 0.6 is 0 Å². The maximum Gasteiger partial charge on any atom is 0.258 e. The molecule has 4 nitrogen and oxygen atoms in total. The molecule has 0 spiro atoms. The molecular weight excluding hydrogens is 230 g/mol. The van der Waals surface area contributed by atoms with Crippen molar-refractivity contribution in [2.75, 3.05) is 13.2 Å². The van der Waals surface area contributed by atoms with Gasteiger partial charge in [0.2, 0.25) is 0 Å². The maximum absolute atomic E-state index is 11.5. The van der Waals surface area contributed by atoms with Crippen LogP contribution in [-0.4, -0.2) is 29.8 Å². The largest absolute Gasteiger partial charge is 0.484 e. The Kier molecular flexibility index (Phi) is 5.16. The molecule has 100 valence electrons. The SMILES string of the molecule is CCC(C)(O)CNC(=O)COc1ccc(C)cc1. The number of aliphatic hydroxyl groups is 1. The fraction of sp³-hybridized carbons (Fsp3) is 0.500. The first-order valence-electron chi connectivity index (χ1n) is 6.11. The molecule has 1 unspecified atom stereocenters. The minimum absolute atomic E-state index is 0.0388. The molecule has 0 radical (unpaired) electrons. The maximum atomic E-state index is 11.5. The number of hydrogen-bond acceptors (Lipinski definition) is 3. The van der Waals surface area contributed by atoms with E-state index < -0.39 is 5.60 Å². The van der Waals surface area contributed by atoms with Crippen LogP contribution in [0.4, 0.5) is 0 Å². The summed E-state index contributed by atoms with van der Waals surface area (Å²) in [6.45, 7) is 5.74. The molecule has 0 saturated heterocycles. The van der Waals surface area contributed by atoms with Gasteiger partial charge >= 0.3 is 0 Å². The Labute approximate surface area is 108 Å². The summed E-state index contributed by atoms with van der Waals surface area (Å²) in [5, 5.41) is 12.4. The summed E-state index contributed by atoms with van der Waals surface area (Å²) >= 11 is 0. The Bertz CT molecular complexity index is 385. The van der Waals surface area contributed by atoms with E-state index in [1.54, 1.807) is 6.92 Å². The molecule has 18 heavy (non-hydrogen) atoms. The number of ether oxygens (including phenoxy) is 1. The number of aryl methyl sites for hydroxylation is 1. The van der Waals surface area contributed by atoms with Crippen LogP contribution in [0.1, 0.15) is 25.8 Å². The first kappa shape index (κ1) is 14.5. The number of benzene rings is 1. The highest BCUT2D eigenvalue weighted by molar-refractivity contribution is 5.77. The van der Waals surface area contributed by atoms with Gasteiger partial charge in [-0.1, -0.05) is 24.6 Å². The van der Waals surface area contributed by atoms with Crippen LogP contribution in [0.2, 0.25) is 0 Å². The molecule has 0 saturated carbocycles. The molecule has 1 aromatic carbocycles. The lowest BCUT2D eigenvalue weighted by atomic mass is 10.0. The second-order valence-corrected chi connectivity index (χ2v) is 4.73. The van der Waals surface area contributed by atoms with E-state index in [0.717, 1.165) is 5.56 Å². The predicted octanol–water partition coefficient (Wildman–Crippen LogP) is 1.65. The van der Waals surface area contributed by atoms with E-state index >= 15 is 0 Å². The second kappa shape index (κ2) is 6.40. The zero-order valence-corrected chi connectivity index (χ0v) is 11.2. The minimum atomic E-state index is -0.862. The lowest BCUT2D eigenvalue weighted by Gasteiger charge is -2.21. The van der Waals surface area contributed by atoms with E-state index in [9.17, 15) is 9.90 Å². The summed E-state index contributed by atoms with van der Waals surface area (Å²) in [7, 11) is 0. The van der Waals surface area contributed by atoms with Gasteiger partial charge in [-0.2, -0.15) is 0 Å². The minimum Gasteiger partial charge on any atom is -0.484 e. The van der Waals surface area contributed by atoms with Crippen molar-refractivity contribution in [3.63, 3.8) is 0 Å². The number of hydrogen-bond donors (Lipinski definition) is 2. The van der Waals surface area contributed by atoms with Crippen LogP contribution in [-0.2, 0) is 4.79 Å². The molecule has 0 fully saturated rings. The zero-order valence-electron chi connectivity index (χ0n) is 11.2. The summed E-state index contributed by atoms with van der Waals surface area (Å²) in [5.41, 5.74) is 0.283. The van der Waals surface area contributed by atoms with Gasteiger partial charge in [-0.05, 0) is 32.4 Å². The molecule has 0 aromatic heterocycles. The van der Waals surface area contributed by atoms with E-state index in [-0.39, 0.29) is 19.1 Å². The van der Waals surface area contributed by atoms with Gasteiger partial charge in [-0.3, -0.25) is 4.79 Å². The smallest absolute Gasteiger partial charge is 0.258 e. The van der Waals surface area contributed by atoms with Crippen molar-refractivity contribution >= 4 is 5.91 Å². The Morgan fingerprint density at radius 3 is 2.56 bits per heavy atom. The fourth-order valence-corrected chi connectivity index (χ4v) is 1.25. The number of carbonyl (C=O) groups excluding carboxylic acids is 1. The van der Waals surface area contributed by atoms with Crippen molar-refractivity contribution < 1.29 is 14.6 Å². The summed E-state index contributed by atoms with van der Waals surface area (Å²) < 4.78 is 5.33. The molecule has 0 aliphatic carbocycles. The van der Waals surface area contributed by atoms with E-state index in [2.05, 4.69) is 5.32 Å². The van der Waals surface area contributed by atoms with E-state index in [1.807, 2.05) is 38.1 Å². The normalized spacial score (nSPS) is 13.8. The van der Waals surface area contributed by atoms with Gasteiger partial charge in [0.1, 0.15) is 5.75 Å². The molecule has 1 rings (SSSR count). The Hall–Kier alpha value is -1.55. The summed E-state index contributed by atoms with van der Waals surface area (Å²) in [6, 6.07) is 7.50. The first-order chi connectivity index (χ1) is 8.43. The number of nitrogens with one attached hydrogen (secondary N) is 1. The highest BCUT2D eigenvalue weighted by Gasteiger charge is 2.18. The molecule has 0 bridgehead atoms. The monoisotopic (exact) mass is 251 g/mol. The highest BCUT2D eigenvalue weighted by Crippen LogP contribution is 2.11. The molecule has 4 heteroatoms. The van der Waals surface area contributed by atoms with Gasteiger partial charge in [-0.15, -0.1) is 0 Å². The van der Waals surface area contributed by atoms with E-state index in [4.69, 9.17) is 4.74 Å². The molecule has 1 aromatic rings. The van der Waals surface area contributed by atoms with Crippen molar-refractivity contribution in [1.82, 2.24) is 5.32 Å². The van der Waals surface area contributed by atoms with Crippen LogP contribution in [0, 0.1) is 6.92 Å². The third kappa shape index (κ3) is 5.19. The lowest BCUT2D eigenvalue weighted by molar-refractivity contribution is -0.124. The average Bonchev–Trinajstić information content (AvgIpc) is 2.36. The lowest BCUT2D eigenvalue weighted by Crippen LogP contribution is -2.41. The molecule has 0 heterocycles. The predicted molar refractivity (Wildman–Crippen MR) is 70.6 cm³/mol. The van der Waals surface area contributed by atoms with Gasteiger partial charge in [0.25, 0.3) is 5.91 Å².